The van der Waals surface area contributed by atoms with Crippen molar-refractivity contribution >= 4 is 23.6 Å². The predicted molar refractivity (Wildman–Crippen MR) is 76.0 cm³/mol. The van der Waals surface area contributed by atoms with Crippen LogP contribution in [-0.4, -0.2) is 30.3 Å². The van der Waals surface area contributed by atoms with Crippen LogP contribution in [0.2, 0.25) is 5.02 Å². The first-order valence-electron chi connectivity index (χ1n) is 5.72. The van der Waals surface area contributed by atoms with Gasteiger partial charge < -0.3 is 9.74 Å². The SMILES string of the molecule is CN(C)c1nc(O/N=C/c2ccc(Cl)cc2)ncc1F. The molecule has 2 rings (SSSR count). The smallest absolute Gasteiger partial charge is 0.347 e. The molecule has 5 nitrogen and oxygen atoms in total. The summed E-state index contributed by atoms with van der Waals surface area (Å²) in [6, 6.07) is 7.01. The summed E-state index contributed by atoms with van der Waals surface area (Å²) in [6.07, 6.45) is 2.52. The van der Waals surface area contributed by atoms with E-state index in [1.165, 1.54) is 11.1 Å². The summed E-state index contributed by atoms with van der Waals surface area (Å²) in [7, 11) is 3.35. The second-order valence-electron chi connectivity index (χ2n) is 4.10. The molecular weight excluding hydrogens is 283 g/mol. The van der Waals surface area contributed by atoms with Gasteiger partial charge in [0, 0.05) is 19.1 Å². The minimum absolute atomic E-state index is 0.0275. The van der Waals surface area contributed by atoms with Crippen LogP contribution >= 0.6 is 11.6 Å². The van der Waals surface area contributed by atoms with Gasteiger partial charge in [-0.15, -0.1) is 0 Å². The van der Waals surface area contributed by atoms with E-state index in [0.29, 0.717) is 5.02 Å². The summed E-state index contributed by atoms with van der Waals surface area (Å²) < 4.78 is 13.4. The van der Waals surface area contributed by atoms with Gasteiger partial charge in [-0.1, -0.05) is 28.9 Å². The first-order valence-corrected chi connectivity index (χ1v) is 6.10. The summed E-state index contributed by atoms with van der Waals surface area (Å²) in [5.74, 6) is -0.388. The van der Waals surface area contributed by atoms with Crippen LogP contribution in [-0.2, 0) is 0 Å². The number of rotatable bonds is 4. The molecule has 7 heteroatoms. The third kappa shape index (κ3) is 3.64. The lowest BCUT2D eigenvalue weighted by atomic mass is 10.2. The molecule has 0 bridgehead atoms. The number of halogens is 2. The van der Waals surface area contributed by atoms with Crippen molar-refractivity contribution in [1.82, 2.24) is 9.97 Å². The van der Waals surface area contributed by atoms with Gasteiger partial charge in [0.05, 0.1) is 12.4 Å². The molecule has 104 valence electrons. The summed E-state index contributed by atoms with van der Waals surface area (Å²) in [6.45, 7) is 0. The lowest BCUT2D eigenvalue weighted by Gasteiger charge is -2.11. The van der Waals surface area contributed by atoms with Crippen molar-refractivity contribution in [2.75, 3.05) is 19.0 Å². The summed E-state index contributed by atoms with van der Waals surface area (Å²) in [4.78, 5) is 14.1. The zero-order valence-corrected chi connectivity index (χ0v) is 11.7. The lowest BCUT2D eigenvalue weighted by Crippen LogP contribution is -2.13. The van der Waals surface area contributed by atoms with Crippen LogP contribution in [0, 0.1) is 5.82 Å². The third-order valence-electron chi connectivity index (χ3n) is 2.33. The fourth-order valence-corrected chi connectivity index (χ4v) is 1.51. The van der Waals surface area contributed by atoms with Gasteiger partial charge in [0.25, 0.3) is 0 Å². The third-order valence-corrected chi connectivity index (χ3v) is 2.59. The Balaban J connectivity index is 2.07. The van der Waals surface area contributed by atoms with E-state index in [-0.39, 0.29) is 11.8 Å². The average molecular weight is 295 g/mol. The van der Waals surface area contributed by atoms with Gasteiger partial charge in [-0.2, -0.15) is 9.97 Å². The van der Waals surface area contributed by atoms with E-state index in [1.807, 2.05) is 0 Å². The standard InChI is InChI=1S/C13H12ClFN4O/c1-19(2)12-11(15)8-16-13(18-12)20-17-7-9-3-5-10(14)6-4-9/h3-8H,1-2H3/b17-7+. The van der Waals surface area contributed by atoms with Crippen molar-refractivity contribution in [2.45, 2.75) is 0 Å². The Morgan fingerprint density at radius 1 is 1.30 bits per heavy atom. The molecule has 0 saturated heterocycles. The van der Waals surface area contributed by atoms with Crippen molar-refractivity contribution in [1.29, 1.82) is 0 Å². The molecule has 20 heavy (non-hydrogen) atoms. The van der Waals surface area contributed by atoms with E-state index in [9.17, 15) is 4.39 Å². The second-order valence-corrected chi connectivity index (χ2v) is 4.53. The molecule has 1 aromatic carbocycles. The van der Waals surface area contributed by atoms with E-state index in [0.717, 1.165) is 11.8 Å². The fraction of sp³-hybridized carbons (Fsp3) is 0.154. The summed E-state index contributed by atoms with van der Waals surface area (Å²) >= 11 is 5.77. The Morgan fingerprint density at radius 3 is 2.65 bits per heavy atom. The lowest BCUT2D eigenvalue weighted by molar-refractivity contribution is 0.313. The monoisotopic (exact) mass is 294 g/mol. The predicted octanol–water partition coefficient (Wildman–Crippen LogP) is 2.75. The highest BCUT2D eigenvalue weighted by atomic mass is 35.5. The normalized spacial score (nSPS) is 10.8. The van der Waals surface area contributed by atoms with Crippen molar-refractivity contribution in [3.63, 3.8) is 0 Å². The zero-order valence-electron chi connectivity index (χ0n) is 10.9. The van der Waals surface area contributed by atoms with Gasteiger partial charge in [0.15, 0.2) is 11.6 Å². The minimum atomic E-state index is -0.524. The van der Waals surface area contributed by atoms with Crippen molar-refractivity contribution < 1.29 is 9.23 Å². The van der Waals surface area contributed by atoms with Crippen LogP contribution in [0.25, 0.3) is 0 Å². The molecule has 0 unspecified atom stereocenters. The maximum Gasteiger partial charge on any atom is 0.347 e. The number of anilines is 1. The van der Waals surface area contributed by atoms with Crippen LogP contribution in [0.15, 0.2) is 35.6 Å². The second kappa shape index (κ2) is 6.29. The van der Waals surface area contributed by atoms with E-state index < -0.39 is 5.82 Å². The molecule has 0 radical (unpaired) electrons. The molecule has 0 aliphatic rings. The molecule has 0 spiro atoms. The Kier molecular flexibility index (Phi) is 4.47. The summed E-state index contributed by atoms with van der Waals surface area (Å²) in [5, 5.41) is 4.38. The molecule has 1 heterocycles. The first kappa shape index (κ1) is 14.2. The quantitative estimate of drug-likeness (QED) is 0.643. The van der Waals surface area contributed by atoms with Crippen LogP contribution in [0.4, 0.5) is 10.2 Å². The topological polar surface area (TPSA) is 50.6 Å². The maximum absolute atomic E-state index is 13.4. The van der Waals surface area contributed by atoms with E-state index in [1.54, 1.807) is 38.4 Å². The van der Waals surface area contributed by atoms with Crippen LogP contribution in [0.5, 0.6) is 6.01 Å². The number of benzene rings is 1. The molecule has 0 N–H and O–H groups in total. The Bertz CT molecular complexity index is 616. The average Bonchev–Trinajstić information content (AvgIpc) is 2.42. The van der Waals surface area contributed by atoms with Crippen molar-refractivity contribution in [3.8, 4) is 6.01 Å². The van der Waals surface area contributed by atoms with Crippen LogP contribution in [0.1, 0.15) is 5.56 Å². The number of hydrogen-bond donors (Lipinski definition) is 0. The van der Waals surface area contributed by atoms with Crippen molar-refractivity contribution in [2.24, 2.45) is 5.16 Å². The molecule has 0 aliphatic carbocycles. The highest BCUT2D eigenvalue weighted by molar-refractivity contribution is 6.30. The summed E-state index contributed by atoms with van der Waals surface area (Å²) in [5.41, 5.74) is 0.810. The molecule has 0 saturated carbocycles. The molecule has 0 atom stereocenters. The maximum atomic E-state index is 13.4. The minimum Gasteiger partial charge on any atom is -0.360 e. The molecule has 0 aliphatic heterocycles. The van der Waals surface area contributed by atoms with Gasteiger partial charge in [-0.25, -0.2) is 4.39 Å². The number of nitrogens with zero attached hydrogens (tertiary/aromatic N) is 4. The van der Waals surface area contributed by atoms with Gasteiger partial charge in [0.1, 0.15) is 0 Å². The molecule has 0 fully saturated rings. The van der Waals surface area contributed by atoms with Crippen LogP contribution < -0.4 is 9.74 Å². The molecule has 2 aromatic rings. The van der Waals surface area contributed by atoms with E-state index >= 15 is 0 Å². The number of oxime groups is 1. The first-order chi connectivity index (χ1) is 9.56. The van der Waals surface area contributed by atoms with Gasteiger partial charge in [0.2, 0.25) is 0 Å². The Hall–Kier alpha value is -2.21. The van der Waals surface area contributed by atoms with Crippen LogP contribution in [0.3, 0.4) is 0 Å². The largest absolute Gasteiger partial charge is 0.360 e. The Morgan fingerprint density at radius 2 is 2.00 bits per heavy atom. The molecule has 0 amide bonds. The van der Waals surface area contributed by atoms with Crippen molar-refractivity contribution in [3.05, 3.63) is 46.9 Å². The fourth-order valence-electron chi connectivity index (χ4n) is 1.38. The van der Waals surface area contributed by atoms with E-state index in [4.69, 9.17) is 16.4 Å². The van der Waals surface area contributed by atoms with E-state index in [2.05, 4.69) is 15.1 Å². The number of hydrogen-bond acceptors (Lipinski definition) is 5. The Labute approximate surface area is 120 Å². The molecule has 1 aromatic heterocycles. The van der Waals surface area contributed by atoms with Gasteiger partial charge in [-0.05, 0) is 17.7 Å². The number of aromatic nitrogens is 2. The highest BCUT2D eigenvalue weighted by Crippen LogP contribution is 2.15. The van der Waals surface area contributed by atoms with Gasteiger partial charge >= 0.3 is 6.01 Å². The van der Waals surface area contributed by atoms with Gasteiger partial charge in [-0.3, -0.25) is 0 Å². The molecular formula is C13H12ClFN4O. The highest BCUT2D eigenvalue weighted by Gasteiger charge is 2.09. The zero-order chi connectivity index (χ0) is 14.5.